The maximum absolute atomic E-state index is 11.7. The highest BCUT2D eigenvalue weighted by atomic mass is 35.5. The van der Waals surface area contributed by atoms with Crippen LogP contribution in [0.5, 0.6) is 0 Å². The van der Waals surface area contributed by atoms with Gasteiger partial charge in [0.1, 0.15) is 9.98 Å². The summed E-state index contributed by atoms with van der Waals surface area (Å²) in [5, 5.41) is 3.04. The van der Waals surface area contributed by atoms with Gasteiger partial charge in [-0.05, 0) is 17.9 Å². The van der Waals surface area contributed by atoms with Gasteiger partial charge in [0.2, 0.25) is 11.8 Å². The summed E-state index contributed by atoms with van der Waals surface area (Å²) in [6.45, 7) is 0.102. The van der Waals surface area contributed by atoms with Crippen LogP contribution in [0.2, 0.25) is 5.15 Å². The van der Waals surface area contributed by atoms with Crippen molar-refractivity contribution in [2.45, 2.75) is 25.8 Å². The molecule has 1 saturated heterocycles. The average Bonchev–Trinajstić information content (AvgIpc) is 2.83. The number of likely N-dealkylation sites (tertiary alicyclic amines) is 1. The van der Waals surface area contributed by atoms with Crippen LogP contribution in [-0.4, -0.2) is 26.7 Å². The Hall–Kier alpha value is -1.53. The maximum atomic E-state index is 11.7. The summed E-state index contributed by atoms with van der Waals surface area (Å²) in [6.07, 6.45) is 1.43. The van der Waals surface area contributed by atoms with Gasteiger partial charge in [-0.3, -0.25) is 14.5 Å². The van der Waals surface area contributed by atoms with E-state index in [1.165, 1.54) is 16.2 Å². The molecule has 3 rings (SSSR count). The van der Waals surface area contributed by atoms with Gasteiger partial charge in [0.15, 0.2) is 5.82 Å². The van der Waals surface area contributed by atoms with E-state index in [4.69, 9.17) is 11.6 Å². The van der Waals surface area contributed by atoms with E-state index in [1.54, 1.807) is 0 Å². The molecule has 2 aromatic rings. The zero-order valence-corrected chi connectivity index (χ0v) is 11.5. The van der Waals surface area contributed by atoms with Gasteiger partial charge < -0.3 is 0 Å². The van der Waals surface area contributed by atoms with Crippen LogP contribution in [0, 0.1) is 0 Å². The third-order valence-electron chi connectivity index (χ3n) is 3.01. The number of carbonyl (C=O) groups excluding carboxylic acids is 2. The summed E-state index contributed by atoms with van der Waals surface area (Å²) in [5.74, 6) is 0.0769. The van der Waals surface area contributed by atoms with Gasteiger partial charge in [-0.1, -0.05) is 11.6 Å². The lowest BCUT2D eigenvalue weighted by Gasteiger charge is -2.23. The van der Waals surface area contributed by atoms with E-state index in [9.17, 15) is 9.59 Å². The first kappa shape index (κ1) is 12.5. The Bertz CT molecular complexity index is 654. The minimum atomic E-state index is -0.165. The van der Waals surface area contributed by atoms with E-state index < -0.39 is 0 Å². The summed E-state index contributed by atoms with van der Waals surface area (Å²) in [7, 11) is 0. The number of hydrogen-bond donors (Lipinski definition) is 0. The molecule has 2 amide bonds. The largest absolute Gasteiger partial charge is 0.275 e. The van der Waals surface area contributed by atoms with Crippen LogP contribution in [0.25, 0.3) is 10.2 Å². The second kappa shape index (κ2) is 4.86. The Balaban J connectivity index is 1.92. The molecule has 0 aromatic carbocycles. The normalized spacial score (nSPS) is 16.4. The molecule has 0 unspecified atom stereocenters. The SMILES string of the molecule is O=C1CCCC(=O)N1Cc1nc(Cl)c2ccsc2n1. The molecule has 98 valence electrons. The molecular weight excluding hydrogens is 286 g/mol. The Labute approximate surface area is 118 Å². The van der Waals surface area contributed by atoms with Crippen LogP contribution in [-0.2, 0) is 16.1 Å². The lowest BCUT2D eigenvalue weighted by atomic mass is 10.1. The predicted octanol–water partition coefficient (Wildman–Crippen LogP) is 2.38. The number of carbonyl (C=O) groups is 2. The lowest BCUT2D eigenvalue weighted by molar-refractivity contribution is -0.148. The van der Waals surface area contributed by atoms with Gasteiger partial charge in [-0.15, -0.1) is 11.3 Å². The Morgan fingerprint density at radius 2 is 2.00 bits per heavy atom. The number of nitrogens with zero attached hydrogens (tertiary/aromatic N) is 3. The number of amides is 2. The van der Waals surface area contributed by atoms with Crippen molar-refractivity contribution in [1.82, 2.24) is 14.9 Å². The van der Waals surface area contributed by atoms with Gasteiger partial charge in [0, 0.05) is 18.2 Å². The molecular formula is C12H10ClN3O2S. The molecule has 3 heterocycles. The molecule has 0 N–H and O–H groups in total. The van der Waals surface area contributed by atoms with Crippen LogP contribution < -0.4 is 0 Å². The molecule has 19 heavy (non-hydrogen) atoms. The van der Waals surface area contributed by atoms with Crippen molar-refractivity contribution in [3.63, 3.8) is 0 Å². The smallest absolute Gasteiger partial charge is 0.229 e. The summed E-state index contributed by atoms with van der Waals surface area (Å²) in [5.41, 5.74) is 0. The molecule has 1 aliphatic heterocycles. The maximum Gasteiger partial charge on any atom is 0.229 e. The van der Waals surface area contributed by atoms with E-state index in [-0.39, 0.29) is 18.4 Å². The number of piperidine rings is 1. The molecule has 0 spiro atoms. The number of hydrogen-bond acceptors (Lipinski definition) is 5. The minimum Gasteiger partial charge on any atom is -0.275 e. The number of aromatic nitrogens is 2. The Kier molecular flexibility index (Phi) is 3.20. The van der Waals surface area contributed by atoms with Gasteiger partial charge in [0.05, 0.1) is 6.54 Å². The Morgan fingerprint density at radius 1 is 1.26 bits per heavy atom. The number of fused-ring (bicyclic) bond motifs is 1. The third kappa shape index (κ3) is 2.33. The van der Waals surface area contributed by atoms with Crippen molar-refractivity contribution in [3.8, 4) is 0 Å². The van der Waals surface area contributed by atoms with Crippen LogP contribution in [0.4, 0.5) is 0 Å². The zero-order valence-electron chi connectivity index (χ0n) is 9.93. The standard InChI is InChI=1S/C12H10ClN3O2S/c13-11-7-4-5-19-12(7)15-8(14-11)6-16-9(17)2-1-3-10(16)18/h4-5H,1-3,6H2. The molecule has 0 atom stereocenters. The monoisotopic (exact) mass is 295 g/mol. The lowest BCUT2D eigenvalue weighted by Crippen LogP contribution is -2.39. The van der Waals surface area contributed by atoms with E-state index in [0.717, 1.165) is 10.2 Å². The summed E-state index contributed by atoms with van der Waals surface area (Å²) < 4.78 is 0. The zero-order chi connectivity index (χ0) is 13.4. The second-order valence-corrected chi connectivity index (χ2v) is 5.55. The summed E-state index contributed by atoms with van der Waals surface area (Å²) >= 11 is 7.52. The fraction of sp³-hybridized carbons (Fsp3) is 0.333. The first-order valence-electron chi connectivity index (χ1n) is 5.88. The van der Waals surface area contributed by atoms with Crippen molar-refractivity contribution in [3.05, 3.63) is 22.4 Å². The Morgan fingerprint density at radius 3 is 2.74 bits per heavy atom. The third-order valence-corrected chi connectivity index (χ3v) is 4.10. The molecule has 0 aliphatic carbocycles. The fourth-order valence-electron chi connectivity index (χ4n) is 2.05. The highest BCUT2D eigenvalue weighted by Gasteiger charge is 2.26. The van der Waals surface area contributed by atoms with E-state index in [2.05, 4.69) is 9.97 Å². The number of rotatable bonds is 2. The highest BCUT2D eigenvalue weighted by molar-refractivity contribution is 7.16. The fourth-order valence-corrected chi connectivity index (χ4v) is 3.14. The van der Waals surface area contributed by atoms with Gasteiger partial charge in [-0.2, -0.15) is 0 Å². The number of thiophene rings is 1. The molecule has 7 heteroatoms. The molecule has 0 saturated carbocycles. The van der Waals surface area contributed by atoms with Gasteiger partial charge in [0.25, 0.3) is 0 Å². The number of halogens is 1. The minimum absolute atomic E-state index is 0.102. The molecule has 0 bridgehead atoms. The highest BCUT2D eigenvalue weighted by Crippen LogP contribution is 2.25. The van der Waals surface area contributed by atoms with Crippen LogP contribution >= 0.6 is 22.9 Å². The first-order valence-corrected chi connectivity index (χ1v) is 7.14. The van der Waals surface area contributed by atoms with Crippen molar-refractivity contribution in [2.24, 2.45) is 0 Å². The number of imide groups is 1. The van der Waals surface area contributed by atoms with E-state index in [0.29, 0.717) is 30.2 Å². The second-order valence-electron chi connectivity index (χ2n) is 4.30. The summed E-state index contributed by atoms with van der Waals surface area (Å²) in [4.78, 5) is 33.9. The molecule has 1 aliphatic rings. The van der Waals surface area contributed by atoms with E-state index >= 15 is 0 Å². The topological polar surface area (TPSA) is 63.2 Å². The van der Waals surface area contributed by atoms with Crippen molar-refractivity contribution in [2.75, 3.05) is 0 Å². The first-order chi connectivity index (χ1) is 9.15. The van der Waals surface area contributed by atoms with Crippen LogP contribution in [0.1, 0.15) is 25.1 Å². The average molecular weight is 296 g/mol. The predicted molar refractivity (Wildman–Crippen MR) is 71.8 cm³/mol. The van der Waals surface area contributed by atoms with E-state index in [1.807, 2.05) is 11.4 Å². The van der Waals surface area contributed by atoms with Gasteiger partial charge in [-0.25, -0.2) is 9.97 Å². The van der Waals surface area contributed by atoms with Crippen molar-refractivity contribution >= 4 is 45.0 Å². The molecule has 5 nitrogen and oxygen atoms in total. The van der Waals surface area contributed by atoms with Crippen LogP contribution in [0.15, 0.2) is 11.4 Å². The quantitative estimate of drug-likeness (QED) is 0.630. The molecule has 1 fully saturated rings. The molecule has 0 radical (unpaired) electrons. The van der Waals surface area contributed by atoms with Gasteiger partial charge >= 0.3 is 0 Å². The van der Waals surface area contributed by atoms with Crippen LogP contribution in [0.3, 0.4) is 0 Å². The van der Waals surface area contributed by atoms with Crippen molar-refractivity contribution in [1.29, 1.82) is 0 Å². The summed E-state index contributed by atoms with van der Waals surface area (Å²) in [6, 6.07) is 1.85. The van der Waals surface area contributed by atoms with Crippen molar-refractivity contribution < 1.29 is 9.59 Å². The molecule has 2 aromatic heterocycles.